The minimum Gasteiger partial charge on any atom is -0.399 e. The number of nitrogens with zero attached hydrogens (tertiary/aromatic N) is 2. The van der Waals surface area contributed by atoms with Crippen molar-refractivity contribution in [3.8, 4) is 0 Å². The number of oxime groups is 1. The van der Waals surface area contributed by atoms with Crippen molar-refractivity contribution in [3.05, 3.63) is 28.5 Å². The van der Waals surface area contributed by atoms with E-state index in [1.54, 1.807) is 0 Å². The van der Waals surface area contributed by atoms with Gasteiger partial charge in [0.2, 0.25) is 0 Å². The number of hydrogen-bond donors (Lipinski definition) is 0. The Morgan fingerprint density at radius 1 is 1.58 bits per heavy atom. The van der Waals surface area contributed by atoms with Gasteiger partial charge in [-0.2, -0.15) is 0 Å². The van der Waals surface area contributed by atoms with Gasteiger partial charge in [0.15, 0.2) is 0 Å². The molecule has 0 spiro atoms. The second-order valence-electron chi connectivity index (χ2n) is 2.20. The van der Waals surface area contributed by atoms with Gasteiger partial charge in [0.25, 0.3) is 0 Å². The van der Waals surface area contributed by atoms with Crippen LogP contribution in [0.3, 0.4) is 0 Å². The highest BCUT2D eigenvalue weighted by Gasteiger charge is 1.98. The van der Waals surface area contributed by atoms with Crippen molar-refractivity contribution in [1.82, 2.24) is 4.98 Å². The maximum absolute atomic E-state index is 4.63. The van der Waals surface area contributed by atoms with Gasteiger partial charge in [-0.15, -0.1) is 0 Å². The van der Waals surface area contributed by atoms with Gasteiger partial charge in [0, 0.05) is 0 Å². The first-order chi connectivity index (χ1) is 5.74. The lowest BCUT2D eigenvalue weighted by Gasteiger charge is -1.98. The summed E-state index contributed by atoms with van der Waals surface area (Å²) in [5.74, 6) is 0. The Balaban J connectivity index is 2.95. The topological polar surface area (TPSA) is 34.5 Å². The molecule has 0 N–H and O–H groups in total. The lowest BCUT2D eigenvalue weighted by Crippen LogP contribution is -1.98. The molecule has 0 radical (unpaired) electrons. The minimum atomic E-state index is 0.763. The molecule has 0 aliphatic rings. The molecule has 1 rings (SSSR count). The van der Waals surface area contributed by atoms with Crippen LogP contribution >= 0.6 is 15.9 Å². The number of rotatable bonds is 2. The summed E-state index contributed by atoms with van der Waals surface area (Å²) in [6.07, 6.45) is 0. The first-order valence-corrected chi connectivity index (χ1v) is 4.24. The van der Waals surface area contributed by atoms with Crippen LogP contribution in [-0.2, 0) is 4.84 Å². The summed E-state index contributed by atoms with van der Waals surface area (Å²) in [4.78, 5) is 8.83. The van der Waals surface area contributed by atoms with Crippen LogP contribution in [0.4, 0.5) is 0 Å². The Kier molecular flexibility index (Phi) is 3.22. The molecule has 1 aromatic rings. The molecule has 0 aromatic carbocycles. The highest BCUT2D eigenvalue weighted by atomic mass is 79.9. The molecule has 0 saturated carbocycles. The first-order valence-electron chi connectivity index (χ1n) is 3.44. The predicted octanol–water partition coefficient (Wildman–Crippen LogP) is 2.21. The van der Waals surface area contributed by atoms with Crippen LogP contribution in [0, 0.1) is 0 Å². The average molecular weight is 229 g/mol. The lowest BCUT2D eigenvalue weighted by molar-refractivity contribution is 0.213. The highest BCUT2D eigenvalue weighted by molar-refractivity contribution is 9.10. The largest absolute Gasteiger partial charge is 0.399 e. The summed E-state index contributed by atoms with van der Waals surface area (Å²) in [5, 5.41) is 3.77. The van der Waals surface area contributed by atoms with E-state index in [1.807, 2.05) is 25.1 Å². The fourth-order valence-electron chi connectivity index (χ4n) is 0.793. The number of hydrogen-bond acceptors (Lipinski definition) is 3. The predicted molar refractivity (Wildman–Crippen MR) is 51.2 cm³/mol. The van der Waals surface area contributed by atoms with Crippen LogP contribution in [0.2, 0.25) is 0 Å². The van der Waals surface area contributed by atoms with Crippen molar-refractivity contribution in [2.75, 3.05) is 7.11 Å². The molecule has 1 aromatic heterocycles. The minimum absolute atomic E-state index is 0.763. The third-order valence-corrected chi connectivity index (χ3v) is 1.76. The zero-order chi connectivity index (χ0) is 8.97. The number of pyridine rings is 1. The Bertz CT molecular complexity index is 299. The van der Waals surface area contributed by atoms with E-state index in [2.05, 4.69) is 30.9 Å². The van der Waals surface area contributed by atoms with Gasteiger partial charge in [0.1, 0.15) is 17.4 Å². The average Bonchev–Trinajstić information content (AvgIpc) is 2.05. The monoisotopic (exact) mass is 228 g/mol. The molecule has 1 heterocycles. The van der Waals surface area contributed by atoms with Crippen molar-refractivity contribution in [2.24, 2.45) is 5.16 Å². The molecule has 64 valence electrons. The molecule has 3 nitrogen and oxygen atoms in total. The zero-order valence-electron chi connectivity index (χ0n) is 6.91. The maximum Gasteiger partial charge on any atom is 0.106 e. The van der Waals surface area contributed by atoms with Crippen LogP contribution < -0.4 is 0 Å². The van der Waals surface area contributed by atoms with Gasteiger partial charge in [0.05, 0.1) is 5.69 Å². The Morgan fingerprint density at radius 3 is 2.92 bits per heavy atom. The van der Waals surface area contributed by atoms with E-state index in [9.17, 15) is 0 Å². The van der Waals surface area contributed by atoms with Gasteiger partial charge in [-0.1, -0.05) is 11.2 Å². The van der Waals surface area contributed by atoms with E-state index in [1.165, 1.54) is 7.11 Å². The summed E-state index contributed by atoms with van der Waals surface area (Å²) < 4.78 is 0.797. The Hall–Kier alpha value is -0.900. The summed E-state index contributed by atoms with van der Waals surface area (Å²) in [7, 11) is 1.52. The van der Waals surface area contributed by atoms with Crippen LogP contribution in [0.15, 0.2) is 28.0 Å². The fraction of sp³-hybridized carbons (Fsp3) is 0.250. The normalized spacial score (nSPS) is 11.4. The maximum atomic E-state index is 4.63. The fourth-order valence-corrected chi connectivity index (χ4v) is 1.14. The summed E-state index contributed by atoms with van der Waals surface area (Å²) >= 11 is 3.27. The standard InChI is InChI=1S/C8H9BrN2O/c1-6(11-12-2)7-4-3-5-8(9)10-7/h3-5H,1-2H3/b11-6+. The van der Waals surface area contributed by atoms with Crippen molar-refractivity contribution in [1.29, 1.82) is 0 Å². The third-order valence-electron chi connectivity index (χ3n) is 1.31. The zero-order valence-corrected chi connectivity index (χ0v) is 8.50. The van der Waals surface area contributed by atoms with E-state index in [0.717, 1.165) is 16.0 Å². The second-order valence-corrected chi connectivity index (χ2v) is 3.02. The van der Waals surface area contributed by atoms with Crippen LogP contribution in [0.5, 0.6) is 0 Å². The Morgan fingerprint density at radius 2 is 2.33 bits per heavy atom. The molecule has 0 aliphatic carbocycles. The van der Waals surface area contributed by atoms with Crippen molar-refractivity contribution < 1.29 is 4.84 Å². The van der Waals surface area contributed by atoms with Gasteiger partial charge in [-0.25, -0.2) is 4.98 Å². The smallest absolute Gasteiger partial charge is 0.106 e. The third kappa shape index (κ3) is 2.30. The number of halogens is 1. The molecular weight excluding hydrogens is 220 g/mol. The SMILES string of the molecule is CO/N=C(\C)c1cccc(Br)n1. The number of aromatic nitrogens is 1. The van der Waals surface area contributed by atoms with E-state index >= 15 is 0 Å². The van der Waals surface area contributed by atoms with E-state index in [-0.39, 0.29) is 0 Å². The van der Waals surface area contributed by atoms with Gasteiger partial charge < -0.3 is 4.84 Å². The summed E-state index contributed by atoms with van der Waals surface area (Å²) in [6.45, 7) is 1.85. The van der Waals surface area contributed by atoms with E-state index < -0.39 is 0 Å². The molecule has 0 atom stereocenters. The Labute approximate surface area is 79.6 Å². The van der Waals surface area contributed by atoms with E-state index in [4.69, 9.17) is 0 Å². The van der Waals surface area contributed by atoms with Crippen LogP contribution in [0.25, 0.3) is 0 Å². The van der Waals surface area contributed by atoms with Gasteiger partial charge >= 0.3 is 0 Å². The quantitative estimate of drug-likeness (QED) is 0.442. The molecule has 0 amide bonds. The van der Waals surface area contributed by atoms with Gasteiger partial charge in [-0.05, 0) is 35.0 Å². The van der Waals surface area contributed by atoms with E-state index in [0.29, 0.717) is 0 Å². The highest BCUT2D eigenvalue weighted by Crippen LogP contribution is 2.06. The van der Waals surface area contributed by atoms with Gasteiger partial charge in [-0.3, -0.25) is 0 Å². The van der Waals surface area contributed by atoms with Crippen molar-refractivity contribution in [3.63, 3.8) is 0 Å². The molecule has 4 heteroatoms. The molecule has 0 fully saturated rings. The molecule has 0 saturated heterocycles. The van der Waals surface area contributed by atoms with Crippen molar-refractivity contribution >= 4 is 21.6 Å². The first kappa shape index (κ1) is 9.19. The molecule has 0 bridgehead atoms. The van der Waals surface area contributed by atoms with Crippen molar-refractivity contribution in [2.45, 2.75) is 6.92 Å². The second kappa shape index (κ2) is 4.21. The molecule has 12 heavy (non-hydrogen) atoms. The van der Waals surface area contributed by atoms with Crippen LogP contribution in [0.1, 0.15) is 12.6 Å². The lowest BCUT2D eigenvalue weighted by atomic mass is 10.3. The summed E-state index contributed by atoms with van der Waals surface area (Å²) in [6, 6.07) is 5.65. The molecule has 0 aliphatic heterocycles. The molecule has 0 unspecified atom stereocenters. The summed E-state index contributed by atoms with van der Waals surface area (Å²) in [5.41, 5.74) is 1.57. The molecular formula is C8H9BrN2O. The van der Waals surface area contributed by atoms with Crippen LogP contribution in [-0.4, -0.2) is 17.8 Å².